The van der Waals surface area contributed by atoms with Gasteiger partial charge in [0.15, 0.2) is 10.2 Å². The first kappa shape index (κ1) is 27.8. The highest BCUT2D eigenvalue weighted by Crippen LogP contribution is 2.28. The number of nitrogens with zero attached hydrogens (tertiary/aromatic N) is 1. The molecule has 4 amide bonds. The van der Waals surface area contributed by atoms with Gasteiger partial charge in [0.05, 0.1) is 0 Å². The van der Waals surface area contributed by atoms with E-state index in [4.69, 9.17) is 24.4 Å². The summed E-state index contributed by atoms with van der Waals surface area (Å²) < 4.78 is 0. The first-order valence-corrected chi connectivity index (χ1v) is 13.3. The number of anilines is 2. The molecule has 0 saturated carbocycles. The fourth-order valence-electron chi connectivity index (χ4n) is 4.15. The highest BCUT2D eigenvalue weighted by atomic mass is 32.1. The lowest BCUT2D eigenvalue weighted by Crippen LogP contribution is -2.51. The topological polar surface area (TPSA) is 120 Å². The number of nitrogens with one attached hydrogen (secondary N) is 4. The Hall–Kier alpha value is -4.22. The molecule has 2 aromatic carbocycles. The van der Waals surface area contributed by atoms with Crippen LogP contribution in [0.1, 0.15) is 43.7 Å². The molecule has 2 fully saturated rings. The molecule has 0 atom stereocenters. The quantitative estimate of drug-likeness (QED) is 0.161. The van der Waals surface area contributed by atoms with E-state index >= 15 is 0 Å². The van der Waals surface area contributed by atoms with Crippen LogP contribution in [0.3, 0.4) is 0 Å². The maximum Gasteiger partial charge on any atom is 0.263 e. The minimum absolute atomic E-state index is 0.00667. The molecule has 11 heteroatoms. The van der Waals surface area contributed by atoms with Gasteiger partial charge in [-0.3, -0.25) is 40.4 Å². The largest absolute Gasteiger partial charge is 0.341 e. The summed E-state index contributed by atoms with van der Waals surface area (Å²) in [6, 6.07) is 15.1. The molecule has 200 valence electrons. The molecule has 0 aromatic heterocycles. The number of hydrogen-bond acceptors (Lipinski definition) is 7. The molecule has 0 unspecified atom stereocenters. The van der Waals surface area contributed by atoms with Crippen molar-refractivity contribution in [2.45, 2.75) is 32.6 Å². The van der Waals surface area contributed by atoms with Crippen LogP contribution in [-0.2, 0) is 19.2 Å². The fourth-order valence-corrected chi connectivity index (χ4v) is 4.52. The molecule has 4 N–H and O–H groups in total. The Bertz CT molecular complexity index is 1250. The molecule has 0 bridgehead atoms. The molecular weight excluding hydrogens is 534 g/mol. The van der Waals surface area contributed by atoms with Crippen molar-refractivity contribution in [1.82, 2.24) is 21.3 Å². The molecule has 0 spiro atoms. The zero-order valence-corrected chi connectivity index (χ0v) is 22.8. The summed E-state index contributed by atoms with van der Waals surface area (Å²) in [6.07, 6.45) is 7.41. The second-order valence-corrected chi connectivity index (χ2v) is 9.80. The van der Waals surface area contributed by atoms with Crippen molar-refractivity contribution in [3.05, 3.63) is 70.8 Å². The van der Waals surface area contributed by atoms with Crippen LogP contribution in [0.2, 0.25) is 0 Å². The van der Waals surface area contributed by atoms with Gasteiger partial charge in [-0.1, -0.05) is 50.5 Å². The van der Waals surface area contributed by atoms with Gasteiger partial charge in [0, 0.05) is 17.9 Å². The van der Waals surface area contributed by atoms with E-state index in [0.717, 1.165) is 43.6 Å². The Morgan fingerprint density at radius 3 is 1.36 bits per heavy atom. The minimum Gasteiger partial charge on any atom is -0.341 e. The zero-order chi connectivity index (χ0) is 27.9. The lowest BCUT2D eigenvalue weighted by atomic mass is 10.1. The number of amides is 4. The van der Waals surface area contributed by atoms with Crippen LogP contribution in [0, 0.1) is 0 Å². The lowest BCUT2D eigenvalue weighted by Gasteiger charge is -2.25. The van der Waals surface area contributed by atoms with Crippen molar-refractivity contribution in [2.24, 2.45) is 0 Å². The number of benzene rings is 2. The maximum atomic E-state index is 12.2. The number of carbonyl (C=O) groups excluding carboxylic acids is 4. The van der Waals surface area contributed by atoms with E-state index in [0.29, 0.717) is 11.1 Å². The van der Waals surface area contributed by atoms with Gasteiger partial charge in [-0.25, -0.2) is 0 Å². The van der Waals surface area contributed by atoms with Crippen molar-refractivity contribution >= 4 is 81.8 Å². The SMILES string of the molecule is CCCCCCN(c1ccc(C=C2C(=O)NC(=S)NC2=O)cc1)c1ccc(C=C2C(=O)NC(=S)NC2=O)cc1. The van der Waals surface area contributed by atoms with E-state index in [2.05, 4.69) is 33.1 Å². The van der Waals surface area contributed by atoms with E-state index in [1.165, 1.54) is 12.2 Å². The molecular formula is C28H27N5O4S2. The smallest absolute Gasteiger partial charge is 0.263 e. The van der Waals surface area contributed by atoms with E-state index < -0.39 is 23.6 Å². The molecule has 0 radical (unpaired) electrons. The molecule has 2 aliphatic rings. The summed E-state index contributed by atoms with van der Waals surface area (Å²) in [5, 5.41) is 9.71. The fraction of sp³-hybridized carbons (Fsp3) is 0.214. The Kier molecular flexibility index (Phi) is 8.95. The molecule has 4 rings (SSSR count). The molecule has 2 aromatic rings. The summed E-state index contributed by atoms with van der Waals surface area (Å²) in [4.78, 5) is 50.8. The van der Waals surface area contributed by atoms with Crippen molar-refractivity contribution in [3.8, 4) is 0 Å². The van der Waals surface area contributed by atoms with Crippen molar-refractivity contribution in [1.29, 1.82) is 0 Å². The third-order valence-corrected chi connectivity index (χ3v) is 6.56. The van der Waals surface area contributed by atoms with Gasteiger partial charge < -0.3 is 4.90 Å². The third-order valence-electron chi connectivity index (χ3n) is 6.15. The Morgan fingerprint density at radius 1 is 0.615 bits per heavy atom. The summed E-state index contributed by atoms with van der Waals surface area (Å²) in [5.74, 6) is -2.14. The summed E-state index contributed by atoms with van der Waals surface area (Å²) >= 11 is 9.69. The van der Waals surface area contributed by atoms with Crippen LogP contribution in [0.5, 0.6) is 0 Å². The lowest BCUT2D eigenvalue weighted by molar-refractivity contribution is -0.124. The average Bonchev–Trinajstić information content (AvgIpc) is 2.89. The Morgan fingerprint density at radius 2 is 1.00 bits per heavy atom. The number of hydrogen-bond donors (Lipinski definition) is 4. The zero-order valence-electron chi connectivity index (χ0n) is 21.2. The highest BCUT2D eigenvalue weighted by molar-refractivity contribution is 7.80. The van der Waals surface area contributed by atoms with Gasteiger partial charge >= 0.3 is 0 Å². The van der Waals surface area contributed by atoms with Crippen LogP contribution in [0.15, 0.2) is 59.7 Å². The van der Waals surface area contributed by atoms with Crippen molar-refractivity contribution in [2.75, 3.05) is 11.4 Å². The van der Waals surface area contributed by atoms with Crippen LogP contribution in [0.25, 0.3) is 12.2 Å². The second kappa shape index (κ2) is 12.5. The van der Waals surface area contributed by atoms with Gasteiger partial charge in [0.2, 0.25) is 0 Å². The van der Waals surface area contributed by atoms with Crippen LogP contribution in [0.4, 0.5) is 11.4 Å². The first-order valence-electron chi connectivity index (χ1n) is 12.5. The summed E-state index contributed by atoms with van der Waals surface area (Å²) in [5.41, 5.74) is 3.25. The minimum atomic E-state index is -0.536. The standard InChI is InChI=1S/C28H27N5O4S2/c1-2-3-4-5-14-33(19-10-6-17(7-11-19)15-21-23(34)29-27(38)30-24(21)35)20-12-8-18(9-13-20)16-22-25(36)31-28(39)32-26(22)37/h6-13,15-16H,2-5,14H2,1H3,(H2,29,30,34,35,38)(H2,31,32,36,37,39). The molecule has 2 heterocycles. The monoisotopic (exact) mass is 561 g/mol. The van der Waals surface area contributed by atoms with E-state index in [1.54, 1.807) is 0 Å². The van der Waals surface area contributed by atoms with Crippen molar-refractivity contribution in [3.63, 3.8) is 0 Å². The predicted octanol–water partition coefficient (Wildman–Crippen LogP) is 3.23. The van der Waals surface area contributed by atoms with Crippen LogP contribution < -0.4 is 26.2 Å². The molecule has 0 aliphatic carbocycles. The van der Waals surface area contributed by atoms with Crippen LogP contribution >= 0.6 is 24.4 Å². The number of unbranched alkanes of at least 4 members (excludes halogenated alkanes) is 3. The first-order chi connectivity index (χ1) is 18.7. The van der Waals surface area contributed by atoms with Crippen molar-refractivity contribution < 1.29 is 19.2 Å². The maximum absolute atomic E-state index is 12.2. The van der Waals surface area contributed by atoms with E-state index in [-0.39, 0.29) is 21.4 Å². The van der Waals surface area contributed by atoms with Gasteiger partial charge in [0.25, 0.3) is 23.6 Å². The third kappa shape index (κ3) is 7.01. The Labute approximate surface area is 236 Å². The predicted molar refractivity (Wildman–Crippen MR) is 158 cm³/mol. The van der Waals surface area contributed by atoms with Gasteiger partial charge in [-0.05, 0) is 78.4 Å². The second-order valence-electron chi connectivity index (χ2n) is 8.99. The number of thiocarbonyl (C=S) groups is 2. The summed E-state index contributed by atoms with van der Waals surface area (Å²) in [7, 11) is 0. The number of rotatable bonds is 9. The summed E-state index contributed by atoms with van der Waals surface area (Å²) in [6.45, 7) is 2.95. The molecule has 9 nitrogen and oxygen atoms in total. The van der Waals surface area contributed by atoms with Gasteiger partial charge in [-0.2, -0.15) is 0 Å². The van der Waals surface area contributed by atoms with Gasteiger partial charge in [-0.15, -0.1) is 0 Å². The highest BCUT2D eigenvalue weighted by Gasteiger charge is 2.26. The molecule has 2 saturated heterocycles. The molecule has 2 aliphatic heterocycles. The molecule has 39 heavy (non-hydrogen) atoms. The normalized spacial score (nSPS) is 15.3. The Balaban J connectivity index is 1.56. The number of carbonyl (C=O) groups is 4. The van der Waals surface area contributed by atoms with E-state index in [1.807, 2.05) is 48.5 Å². The van der Waals surface area contributed by atoms with E-state index in [9.17, 15) is 19.2 Å². The van der Waals surface area contributed by atoms with Crippen LogP contribution in [-0.4, -0.2) is 40.4 Å². The van der Waals surface area contributed by atoms with Gasteiger partial charge in [0.1, 0.15) is 11.1 Å². The average molecular weight is 562 g/mol.